The summed E-state index contributed by atoms with van der Waals surface area (Å²) in [4.78, 5) is 1.25. The lowest BCUT2D eigenvalue weighted by molar-refractivity contribution is 0.0992. The molecule has 0 heterocycles. The summed E-state index contributed by atoms with van der Waals surface area (Å²) in [6.45, 7) is 1.87. The highest BCUT2D eigenvalue weighted by molar-refractivity contribution is 7.98. The number of hydrogen-bond donors (Lipinski definition) is 2. The van der Waals surface area contributed by atoms with Crippen LogP contribution in [0.25, 0.3) is 0 Å². The fourth-order valence-electron chi connectivity index (χ4n) is 1.17. The maximum atomic E-state index is 8.50. The topological polar surface area (TPSA) is 41.5 Å². The zero-order valence-corrected chi connectivity index (χ0v) is 9.72. The molecule has 0 unspecified atom stereocenters. The van der Waals surface area contributed by atoms with Crippen LogP contribution in [-0.4, -0.2) is 37.7 Å². The molecule has 0 aliphatic heterocycles. The molecule has 4 heteroatoms. The zero-order chi connectivity index (χ0) is 10.9. The highest BCUT2D eigenvalue weighted by Gasteiger charge is 1.93. The monoisotopic (exact) mass is 227 g/mol. The molecular weight excluding hydrogens is 210 g/mol. The molecule has 3 nitrogen and oxygen atoms in total. The largest absolute Gasteiger partial charge is 0.394 e. The minimum absolute atomic E-state index is 0.0853. The summed E-state index contributed by atoms with van der Waals surface area (Å²) >= 11 is 1.73. The molecule has 0 saturated carbocycles. The van der Waals surface area contributed by atoms with Gasteiger partial charge in [-0.15, -0.1) is 11.8 Å². The maximum absolute atomic E-state index is 8.50. The Bertz CT molecular complexity index is 281. The molecule has 1 aromatic rings. The average Bonchev–Trinajstić information content (AvgIpc) is 2.29. The van der Waals surface area contributed by atoms with E-state index in [9.17, 15) is 0 Å². The van der Waals surface area contributed by atoms with Crippen LogP contribution in [-0.2, 0) is 4.74 Å². The molecule has 0 radical (unpaired) electrons. The second-order valence-electron chi connectivity index (χ2n) is 2.99. The Morgan fingerprint density at radius 2 is 2.27 bits per heavy atom. The van der Waals surface area contributed by atoms with E-state index >= 15 is 0 Å². The zero-order valence-electron chi connectivity index (χ0n) is 8.90. The van der Waals surface area contributed by atoms with Crippen LogP contribution in [0, 0.1) is 0 Å². The van der Waals surface area contributed by atoms with Crippen molar-refractivity contribution in [3.63, 3.8) is 0 Å². The smallest absolute Gasteiger partial charge is 0.0698 e. The summed E-state index contributed by atoms with van der Waals surface area (Å²) in [5, 5.41) is 11.8. The summed E-state index contributed by atoms with van der Waals surface area (Å²) < 4.78 is 5.14. The van der Waals surface area contributed by atoms with Crippen LogP contribution in [0.2, 0.25) is 0 Å². The predicted molar refractivity (Wildman–Crippen MR) is 64.6 cm³/mol. The van der Waals surface area contributed by atoms with Crippen molar-refractivity contribution in [2.45, 2.75) is 4.90 Å². The minimum atomic E-state index is 0.0853. The molecule has 0 aliphatic rings. The van der Waals surface area contributed by atoms with Gasteiger partial charge in [0.2, 0.25) is 0 Å². The van der Waals surface area contributed by atoms with Gasteiger partial charge in [-0.25, -0.2) is 0 Å². The Labute approximate surface area is 94.8 Å². The molecule has 0 saturated heterocycles. The van der Waals surface area contributed by atoms with Gasteiger partial charge in [-0.1, -0.05) is 6.07 Å². The first-order valence-corrected chi connectivity index (χ1v) is 6.16. The molecule has 2 N–H and O–H groups in total. The first-order valence-electron chi connectivity index (χ1n) is 4.93. The first kappa shape index (κ1) is 12.4. The quantitative estimate of drug-likeness (QED) is 0.551. The van der Waals surface area contributed by atoms with E-state index in [1.807, 2.05) is 12.1 Å². The van der Waals surface area contributed by atoms with Crippen molar-refractivity contribution >= 4 is 17.4 Å². The van der Waals surface area contributed by atoms with Gasteiger partial charge < -0.3 is 15.2 Å². The second kappa shape index (κ2) is 7.56. The molecule has 0 fully saturated rings. The van der Waals surface area contributed by atoms with E-state index < -0.39 is 0 Å². The lowest BCUT2D eigenvalue weighted by Gasteiger charge is -2.07. The molecule has 84 valence electrons. The first-order chi connectivity index (χ1) is 7.36. The molecule has 0 bridgehead atoms. The lowest BCUT2D eigenvalue weighted by atomic mass is 10.3. The van der Waals surface area contributed by atoms with Crippen molar-refractivity contribution in [2.24, 2.45) is 0 Å². The number of benzene rings is 1. The fourth-order valence-corrected chi connectivity index (χ4v) is 1.63. The number of thioether (sulfide) groups is 1. The van der Waals surface area contributed by atoms with Gasteiger partial charge in [0.25, 0.3) is 0 Å². The van der Waals surface area contributed by atoms with Crippen LogP contribution in [0.1, 0.15) is 0 Å². The van der Waals surface area contributed by atoms with Crippen molar-refractivity contribution in [1.29, 1.82) is 0 Å². The van der Waals surface area contributed by atoms with Gasteiger partial charge in [-0.05, 0) is 24.5 Å². The van der Waals surface area contributed by atoms with E-state index in [2.05, 4.69) is 23.7 Å². The van der Waals surface area contributed by atoms with E-state index in [0.29, 0.717) is 13.2 Å². The van der Waals surface area contributed by atoms with Gasteiger partial charge in [-0.2, -0.15) is 0 Å². The highest BCUT2D eigenvalue weighted by Crippen LogP contribution is 2.18. The van der Waals surface area contributed by atoms with Crippen LogP contribution in [0.4, 0.5) is 5.69 Å². The van der Waals surface area contributed by atoms with Gasteiger partial charge >= 0.3 is 0 Å². The van der Waals surface area contributed by atoms with E-state index in [4.69, 9.17) is 9.84 Å². The van der Waals surface area contributed by atoms with Crippen molar-refractivity contribution in [1.82, 2.24) is 0 Å². The van der Waals surface area contributed by atoms with Crippen molar-refractivity contribution in [3.05, 3.63) is 24.3 Å². The highest BCUT2D eigenvalue weighted by atomic mass is 32.2. The molecule has 0 aromatic heterocycles. The fraction of sp³-hybridized carbons (Fsp3) is 0.455. The number of aliphatic hydroxyl groups is 1. The lowest BCUT2D eigenvalue weighted by Crippen LogP contribution is -2.11. The molecule has 1 rings (SSSR count). The third kappa shape index (κ3) is 5.06. The number of ether oxygens (including phenoxy) is 1. The molecule has 0 amide bonds. The number of hydrogen-bond acceptors (Lipinski definition) is 4. The van der Waals surface area contributed by atoms with Crippen molar-refractivity contribution < 1.29 is 9.84 Å². The molecule has 0 aliphatic carbocycles. The third-order valence-corrected chi connectivity index (χ3v) is 2.61. The van der Waals surface area contributed by atoms with Crippen molar-refractivity contribution in [2.75, 3.05) is 37.9 Å². The molecule has 0 spiro atoms. The summed E-state index contributed by atoms with van der Waals surface area (Å²) in [7, 11) is 0. The SMILES string of the molecule is CSc1cccc(NCCOCCO)c1. The van der Waals surface area contributed by atoms with Crippen LogP contribution in [0.15, 0.2) is 29.2 Å². The Morgan fingerprint density at radius 3 is 3.00 bits per heavy atom. The van der Waals surface area contributed by atoms with Crippen LogP contribution in [0.5, 0.6) is 0 Å². The Balaban J connectivity index is 2.24. The van der Waals surface area contributed by atoms with Gasteiger partial charge in [0.05, 0.1) is 19.8 Å². The second-order valence-corrected chi connectivity index (χ2v) is 3.87. The van der Waals surface area contributed by atoms with Crippen LogP contribution < -0.4 is 5.32 Å². The number of aliphatic hydroxyl groups excluding tert-OH is 1. The average molecular weight is 227 g/mol. The van der Waals surface area contributed by atoms with Gasteiger partial charge in [0.1, 0.15) is 0 Å². The number of nitrogens with one attached hydrogen (secondary N) is 1. The Hall–Kier alpha value is -0.710. The summed E-state index contributed by atoms with van der Waals surface area (Å²) in [6.07, 6.45) is 2.06. The Kier molecular flexibility index (Phi) is 6.23. The summed E-state index contributed by atoms with van der Waals surface area (Å²) in [6, 6.07) is 8.25. The summed E-state index contributed by atoms with van der Waals surface area (Å²) in [5.41, 5.74) is 1.11. The van der Waals surface area contributed by atoms with Gasteiger partial charge in [-0.3, -0.25) is 0 Å². The van der Waals surface area contributed by atoms with E-state index in [1.165, 1.54) is 4.90 Å². The minimum Gasteiger partial charge on any atom is -0.394 e. The van der Waals surface area contributed by atoms with Crippen molar-refractivity contribution in [3.8, 4) is 0 Å². The Morgan fingerprint density at radius 1 is 1.40 bits per heavy atom. The maximum Gasteiger partial charge on any atom is 0.0698 e. The molecule has 15 heavy (non-hydrogen) atoms. The van der Waals surface area contributed by atoms with E-state index in [0.717, 1.165) is 12.2 Å². The standard InChI is InChI=1S/C11H17NO2S/c1-15-11-4-2-3-10(9-11)12-5-7-14-8-6-13/h2-4,9,12-13H,5-8H2,1H3. The summed E-state index contributed by atoms with van der Waals surface area (Å²) in [5.74, 6) is 0. The van der Waals surface area contributed by atoms with Crippen LogP contribution >= 0.6 is 11.8 Å². The molecule has 0 atom stereocenters. The number of rotatable bonds is 7. The van der Waals surface area contributed by atoms with Gasteiger partial charge in [0, 0.05) is 17.1 Å². The van der Waals surface area contributed by atoms with E-state index in [-0.39, 0.29) is 6.61 Å². The third-order valence-electron chi connectivity index (χ3n) is 1.88. The van der Waals surface area contributed by atoms with Gasteiger partial charge in [0.15, 0.2) is 0 Å². The molecule has 1 aromatic carbocycles. The number of anilines is 1. The predicted octanol–water partition coefficient (Wildman–Crippen LogP) is 1.83. The van der Waals surface area contributed by atoms with Crippen LogP contribution in [0.3, 0.4) is 0 Å². The molecular formula is C11H17NO2S. The normalized spacial score (nSPS) is 10.3. The van der Waals surface area contributed by atoms with E-state index in [1.54, 1.807) is 11.8 Å².